The molecular formula is C12H16BrNO2. The number of halogens is 1. The first-order valence-corrected chi connectivity index (χ1v) is 6.19. The van der Waals surface area contributed by atoms with Crippen LogP contribution in [0.4, 0.5) is 0 Å². The molecule has 0 aliphatic rings. The number of alkyl halides is 1. The van der Waals surface area contributed by atoms with Crippen LogP contribution in [0, 0.1) is 0 Å². The largest absolute Gasteiger partial charge is 0.508 e. The minimum absolute atomic E-state index is 0.0605. The van der Waals surface area contributed by atoms with Crippen molar-refractivity contribution >= 4 is 21.8 Å². The number of nitrogens with one attached hydrogen (secondary N) is 1. The van der Waals surface area contributed by atoms with Crippen LogP contribution in [0.3, 0.4) is 0 Å². The van der Waals surface area contributed by atoms with Crippen molar-refractivity contribution in [2.75, 3.05) is 6.54 Å². The second-order valence-electron chi connectivity index (χ2n) is 3.72. The van der Waals surface area contributed by atoms with E-state index in [9.17, 15) is 9.90 Å². The van der Waals surface area contributed by atoms with Crippen molar-refractivity contribution in [3.63, 3.8) is 0 Å². The normalized spacial score (nSPS) is 12.1. The maximum atomic E-state index is 11.5. The third-order valence-electron chi connectivity index (χ3n) is 2.21. The van der Waals surface area contributed by atoms with Crippen LogP contribution in [0.25, 0.3) is 0 Å². The fraction of sp³-hybridized carbons (Fsp3) is 0.417. The first-order chi connectivity index (χ1) is 7.59. The number of hydrogen-bond acceptors (Lipinski definition) is 2. The molecule has 88 valence electrons. The summed E-state index contributed by atoms with van der Waals surface area (Å²) in [5.74, 6) is 0.112. The highest BCUT2D eigenvalue weighted by Gasteiger charge is 2.06. The summed E-state index contributed by atoms with van der Waals surface area (Å²) in [7, 11) is 0. The van der Waals surface area contributed by atoms with Crippen LogP contribution in [0.5, 0.6) is 5.75 Å². The molecule has 0 saturated carbocycles. The molecule has 0 radical (unpaired) electrons. The molecule has 0 aliphatic carbocycles. The molecule has 0 saturated heterocycles. The van der Waals surface area contributed by atoms with Crippen LogP contribution in [0.15, 0.2) is 24.3 Å². The Labute approximate surface area is 104 Å². The summed E-state index contributed by atoms with van der Waals surface area (Å²) in [5.41, 5.74) is 0.659. The Bertz CT molecular complexity index is 353. The van der Waals surface area contributed by atoms with Gasteiger partial charge in [-0.25, -0.2) is 0 Å². The maximum absolute atomic E-state index is 11.5. The van der Waals surface area contributed by atoms with Gasteiger partial charge in [0.15, 0.2) is 0 Å². The minimum Gasteiger partial charge on any atom is -0.508 e. The third kappa shape index (κ3) is 4.66. The number of benzene rings is 1. The monoisotopic (exact) mass is 285 g/mol. The van der Waals surface area contributed by atoms with Crippen molar-refractivity contribution in [2.45, 2.75) is 24.6 Å². The molecule has 1 rings (SSSR count). The van der Waals surface area contributed by atoms with E-state index < -0.39 is 0 Å². The predicted octanol–water partition coefficient (Wildman–Crippen LogP) is 2.22. The SMILES string of the molecule is CC(Br)CCNC(=O)Cc1ccccc1O. The average molecular weight is 286 g/mol. The molecule has 0 spiro atoms. The molecule has 3 nitrogen and oxygen atoms in total. The van der Waals surface area contributed by atoms with Gasteiger partial charge in [-0.2, -0.15) is 0 Å². The van der Waals surface area contributed by atoms with Gasteiger partial charge >= 0.3 is 0 Å². The van der Waals surface area contributed by atoms with Gasteiger partial charge in [0.1, 0.15) is 5.75 Å². The van der Waals surface area contributed by atoms with Gasteiger partial charge in [0.2, 0.25) is 5.91 Å². The molecule has 1 aromatic rings. The molecule has 0 heterocycles. The molecule has 2 N–H and O–H groups in total. The minimum atomic E-state index is -0.0605. The van der Waals surface area contributed by atoms with E-state index in [1.807, 2.05) is 13.0 Å². The first-order valence-electron chi connectivity index (χ1n) is 5.27. The number of phenols is 1. The molecular weight excluding hydrogens is 270 g/mol. The topological polar surface area (TPSA) is 49.3 Å². The second kappa shape index (κ2) is 6.53. The van der Waals surface area contributed by atoms with Crippen molar-refractivity contribution < 1.29 is 9.90 Å². The van der Waals surface area contributed by atoms with Crippen molar-refractivity contribution in [3.05, 3.63) is 29.8 Å². The van der Waals surface area contributed by atoms with Crippen LogP contribution >= 0.6 is 15.9 Å². The molecule has 1 aromatic carbocycles. The number of aromatic hydroxyl groups is 1. The van der Waals surface area contributed by atoms with Crippen LogP contribution in [-0.4, -0.2) is 22.4 Å². The van der Waals surface area contributed by atoms with E-state index in [4.69, 9.17) is 0 Å². The Morgan fingerprint density at radius 2 is 2.19 bits per heavy atom. The summed E-state index contributed by atoms with van der Waals surface area (Å²) in [6.45, 7) is 2.69. The van der Waals surface area contributed by atoms with Crippen LogP contribution in [0.1, 0.15) is 18.9 Å². The van der Waals surface area contributed by atoms with Gasteiger partial charge in [-0.15, -0.1) is 0 Å². The summed E-state index contributed by atoms with van der Waals surface area (Å²) in [6, 6.07) is 6.89. The number of hydrogen-bond donors (Lipinski definition) is 2. The molecule has 0 aromatic heterocycles. The lowest BCUT2D eigenvalue weighted by Crippen LogP contribution is -2.27. The molecule has 1 unspecified atom stereocenters. The summed E-state index contributed by atoms with van der Waals surface area (Å²) in [4.78, 5) is 11.9. The van der Waals surface area contributed by atoms with Gasteiger partial charge in [-0.3, -0.25) is 4.79 Å². The van der Waals surface area contributed by atoms with Gasteiger partial charge in [0.05, 0.1) is 6.42 Å². The highest BCUT2D eigenvalue weighted by atomic mass is 79.9. The molecule has 4 heteroatoms. The molecule has 1 atom stereocenters. The lowest BCUT2D eigenvalue weighted by atomic mass is 10.1. The van der Waals surface area contributed by atoms with Crippen molar-refractivity contribution in [3.8, 4) is 5.75 Å². The number of carbonyl (C=O) groups is 1. The smallest absolute Gasteiger partial charge is 0.224 e. The molecule has 0 fully saturated rings. The van der Waals surface area contributed by atoms with Crippen LogP contribution < -0.4 is 5.32 Å². The third-order valence-corrected chi connectivity index (χ3v) is 2.66. The summed E-state index contributed by atoms with van der Waals surface area (Å²) >= 11 is 3.41. The van der Waals surface area contributed by atoms with Gasteiger partial charge in [0.25, 0.3) is 0 Å². The zero-order valence-corrected chi connectivity index (χ0v) is 10.8. The summed E-state index contributed by atoms with van der Waals surface area (Å²) in [5, 5.41) is 12.3. The highest BCUT2D eigenvalue weighted by Crippen LogP contribution is 2.15. The zero-order valence-electron chi connectivity index (χ0n) is 9.24. The van der Waals surface area contributed by atoms with Gasteiger partial charge in [0, 0.05) is 16.9 Å². The number of para-hydroxylation sites is 1. The van der Waals surface area contributed by atoms with Crippen LogP contribution in [-0.2, 0) is 11.2 Å². The van der Waals surface area contributed by atoms with E-state index in [-0.39, 0.29) is 18.1 Å². The van der Waals surface area contributed by atoms with E-state index in [1.54, 1.807) is 18.2 Å². The maximum Gasteiger partial charge on any atom is 0.224 e. The number of amides is 1. The lowest BCUT2D eigenvalue weighted by molar-refractivity contribution is -0.120. The van der Waals surface area contributed by atoms with E-state index in [2.05, 4.69) is 21.2 Å². The van der Waals surface area contributed by atoms with Crippen molar-refractivity contribution in [1.82, 2.24) is 5.32 Å². The fourth-order valence-corrected chi connectivity index (χ4v) is 1.54. The fourth-order valence-electron chi connectivity index (χ4n) is 1.31. The molecule has 0 bridgehead atoms. The summed E-state index contributed by atoms with van der Waals surface area (Å²) in [6.07, 6.45) is 1.12. The Morgan fingerprint density at radius 3 is 2.81 bits per heavy atom. The van der Waals surface area contributed by atoms with E-state index in [0.717, 1.165) is 6.42 Å². The number of phenolic OH excluding ortho intramolecular Hbond substituents is 1. The van der Waals surface area contributed by atoms with Gasteiger partial charge in [-0.1, -0.05) is 41.1 Å². The van der Waals surface area contributed by atoms with Gasteiger partial charge in [-0.05, 0) is 12.5 Å². The van der Waals surface area contributed by atoms with E-state index in [1.165, 1.54) is 0 Å². The second-order valence-corrected chi connectivity index (χ2v) is 5.29. The van der Waals surface area contributed by atoms with Gasteiger partial charge < -0.3 is 10.4 Å². The van der Waals surface area contributed by atoms with Crippen molar-refractivity contribution in [1.29, 1.82) is 0 Å². The standard InChI is InChI=1S/C12H16BrNO2/c1-9(13)6-7-14-12(16)8-10-4-2-3-5-11(10)15/h2-5,9,15H,6-8H2,1H3,(H,14,16). The zero-order chi connectivity index (χ0) is 12.0. The Kier molecular flexibility index (Phi) is 5.32. The van der Waals surface area contributed by atoms with Crippen molar-refractivity contribution in [2.24, 2.45) is 0 Å². The first kappa shape index (κ1) is 13.0. The summed E-state index contributed by atoms with van der Waals surface area (Å²) < 4.78 is 0. The molecule has 1 amide bonds. The predicted molar refractivity (Wildman–Crippen MR) is 67.8 cm³/mol. The average Bonchev–Trinajstić information content (AvgIpc) is 2.21. The Morgan fingerprint density at radius 1 is 1.50 bits per heavy atom. The number of rotatable bonds is 5. The quantitative estimate of drug-likeness (QED) is 0.815. The molecule has 16 heavy (non-hydrogen) atoms. The number of carbonyl (C=O) groups excluding carboxylic acids is 1. The van der Waals surface area contributed by atoms with Crippen LogP contribution in [0.2, 0.25) is 0 Å². The lowest BCUT2D eigenvalue weighted by Gasteiger charge is -2.07. The van der Waals surface area contributed by atoms with E-state index >= 15 is 0 Å². The Hall–Kier alpha value is -1.03. The van der Waals surface area contributed by atoms with E-state index in [0.29, 0.717) is 16.9 Å². The molecule has 0 aliphatic heterocycles. The Balaban J connectivity index is 2.37. The highest BCUT2D eigenvalue weighted by molar-refractivity contribution is 9.09.